The summed E-state index contributed by atoms with van der Waals surface area (Å²) < 4.78 is 14.0. The van der Waals surface area contributed by atoms with Crippen LogP contribution in [0.3, 0.4) is 0 Å². The number of aromatic nitrogens is 2. The van der Waals surface area contributed by atoms with Crippen molar-refractivity contribution in [2.45, 2.75) is 5.88 Å². The van der Waals surface area contributed by atoms with Gasteiger partial charge in [0.15, 0.2) is 5.82 Å². The molecule has 0 saturated heterocycles. The number of nitrogens with one attached hydrogen (secondary N) is 1. The van der Waals surface area contributed by atoms with E-state index in [2.05, 4.69) is 9.97 Å². The van der Waals surface area contributed by atoms with Crippen molar-refractivity contribution in [1.82, 2.24) is 9.97 Å². The lowest BCUT2D eigenvalue weighted by Gasteiger charge is -1.92. The van der Waals surface area contributed by atoms with E-state index in [0.29, 0.717) is 20.4 Å². The zero-order chi connectivity index (χ0) is 9.42. The number of imidazole rings is 1. The monoisotopic (exact) mass is 310 g/mol. The Labute approximate surface area is 92.6 Å². The summed E-state index contributed by atoms with van der Waals surface area (Å²) in [7, 11) is 0. The van der Waals surface area contributed by atoms with Crippen LogP contribution in [0.5, 0.6) is 0 Å². The molecule has 0 atom stereocenters. The van der Waals surface area contributed by atoms with Crippen LogP contribution in [0.2, 0.25) is 0 Å². The van der Waals surface area contributed by atoms with Crippen LogP contribution in [0.15, 0.2) is 12.1 Å². The third-order valence-electron chi connectivity index (χ3n) is 1.72. The van der Waals surface area contributed by atoms with Crippen LogP contribution in [0.25, 0.3) is 11.0 Å². The molecule has 0 amide bonds. The van der Waals surface area contributed by atoms with E-state index in [9.17, 15) is 4.39 Å². The molecule has 0 bridgehead atoms. The fourth-order valence-corrected chi connectivity index (χ4v) is 1.69. The number of alkyl halides is 1. The van der Waals surface area contributed by atoms with Crippen molar-refractivity contribution in [2.24, 2.45) is 0 Å². The van der Waals surface area contributed by atoms with E-state index in [1.165, 1.54) is 0 Å². The Morgan fingerprint density at radius 3 is 3.00 bits per heavy atom. The molecule has 2 aromatic rings. The van der Waals surface area contributed by atoms with E-state index in [0.717, 1.165) is 0 Å². The average molecular weight is 310 g/mol. The summed E-state index contributed by atoms with van der Waals surface area (Å²) >= 11 is 7.50. The molecule has 2 nitrogen and oxygen atoms in total. The molecule has 68 valence electrons. The second-order valence-corrected chi connectivity index (χ2v) is 4.00. The fourth-order valence-electron chi connectivity index (χ4n) is 1.13. The highest BCUT2D eigenvalue weighted by Crippen LogP contribution is 2.20. The summed E-state index contributed by atoms with van der Waals surface area (Å²) in [4.78, 5) is 6.95. The number of halogens is 3. The Kier molecular flexibility index (Phi) is 2.42. The van der Waals surface area contributed by atoms with Gasteiger partial charge < -0.3 is 4.98 Å². The van der Waals surface area contributed by atoms with Gasteiger partial charge in [0, 0.05) is 0 Å². The highest BCUT2D eigenvalue weighted by molar-refractivity contribution is 14.1. The number of rotatable bonds is 1. The molecule has 5 heteroatoms. The molecule has 0 radical (unpaired) electrons. The van der Waals surface area contributed by atoms with Gasteiger partial charge in [-0.15, -0.1) is 11.6 Å². The van der Waals surface area contributed by atoms with Gasteiger partial charge in [0.1, 0.15) is 11.3 Å². The largest absolute Gasteiger partial charge is 0.341 e. The Balaban J connectivity index is 2.76. The van der Waals surface area contributed by atoms with Crippen LogP contribution < -0.4 is 0 Å². The Hall–Kier alpha value is -0.360. The summed E-state index contributed by atoms with van der Waals surface area (Å²) in [6, 6.07) is 3.50. The molecule has 1 aromatic heterocycles. The summed E-state index contributed by atoms with van der Waals surface area (Å²) in [5.74, 6) is 0.577. The second-order valence-electron chi connectivity index (χ2n) is 2.57. The molecule has 0 fully saturated rings. The number of H-pyrrole nitrogens is 1. The average Bonchev–Trinajstić information content (AvgIpc) is 2.55. The van der Waals surface area contributed by atoms with Gasteiger partial charge in [0.05, 0.1) is 15.0 Å². The smallest absolute Gasteiger partial charge is 0.164 e. The third-order valence-corrected chi connectivity index (χ3v) is 2.81. The summed E-state index contributed by atoms with van der Waals surface area (Å²) in [6.45, 7) is 0. The first-order valence-corrected chi connectivity index (χ1v) is 5.22. The number of hydrogen-bond donors (Lipinski definition) is 1. The van der Waals surface area contributed by atoms with Crippen molar-refractivity contribution in [1.29, 1.82) is 0 Å². The standard InChI is InChI=1S/C8H5ClFIN2/c9-3-6-12-5-2-1-4(11)7(10)8(5)13-6/h1-2H,3H2,(H,12,13). The van der Waals surface area contributed by atoms with Crippen LogP contribution in [0, 0.1) is 9.39 Å². The maximum absolute atomic E-state index is 13.4. The summed E-state index contributed by atoms with van der Waals surface area (Å²) in [5.41, 5.74) is 1.05. The molecular formula is C8H5ClFIN2. The number of aromatic amines is 1. The van der Waals surface area contributed by atoms with Crippen LogP contribution in [0.4, 0.5) is 4.39 Å². The molecule has 1 N–H and O–H groups in total. The first kappa shape index (κ1) is 9.21. The maximum Gasteiger partial charge on any atom is 0.164 e. The van der Waals surface area contributed by atoms with Crippen molar-refractivity contribution >= 4 is 45.2 Å². The molecule has 13 heavy (non-hydrogen) atoms. The molecule has 0 aliphatic heterocycles. The molecular weight excluding hydrogens is 305 g/mol. The van der Waals surface area contributed by atoms with Crippen LogP contribution >= 0.6 is 34.2 Å². The minimum Gasteiger partial charge on any atom is -0.341 e. The number of nitrogens with zero attached hydrogens (tertiary/aromatic N) is 1. The van der Waals surface area contributed by atoms with Gasteiger partial charge in [-0.25, -0.2) is 9.37 Å². The van der Waals surface area contributed by atoms with E-state index in [1.54, 1.807) is 12.1 Å². The van der Waals surface area contributed by atoms with E-state index >= 15 is 0 Å². The van der Waals surface area contributed by atoms with Gasteiger partial charge in [-0.3, -0.25) is 0 Å². The molecule has 1 aromatic carbocycles. The Morgan fingerprint density at radius 2 is 2.31 bits per heavy atom. The minimum absolute atomic E-state index is 0.269. The maximum atomic E-state index is 13.4. The SMILES string of the molecule is Fc1c(I)ccc2[nH]c(CCl)nc12. The molecule has 1 heterocycles. The van der Waals surface area contributed by atoms with E-state index in [-0.39, 0.29) is 11.7 Å². The predicted molar refractivity (Wildman–Crippen MR) is 58.3 cm³/mol. The van der Waals surface area contributed by atoms with Gasteiger partial charge in [-0.05, 0) is 34.7 Å². The van der Waals surface area contributed by atoms with Crippen molar-refractivity contribution in [3.8, 4) is 0 Å². The van der Waals surface area contributed by atoms with Crippen molar-refractivity contribution in [3.05, 3.63) is 27.3 Å². The number of fused-ring (bicyclic) bond motifs is 1. The first-order valence-electron chi connectivity index (χ1n) is 3.61. The van der Waals surface area contributed by atoms with Crippen molar-refractivity contribution in [3.63, 3.8) is 0 Å². The van der Waals surface area contributed by atoms with Gasteiger partial charge >= 0.3 is 0 Å². The second kappa shape index (κ2) is 3.42. The molecule has 0 aliphatic carbocycles. The lowest BCUT2D eigenvalue weighted by Crippen LogP contribution is -1.83. The lowest BCUT2D eigenvalue weighted by atomic mass is 10.3. The predicted octanol–water partition coefficient (Wildman–Crippen LogP) is 3.05. The minimum atomic E-state index is -0.286. The normalized spacial score (nSPS) is 11.0. The number of benzene rings is 1. The molecule has 0 unspecified atom stereocenters. The molecule has 0 aliphatic rings. The van der Waals surface area contributed by atoms with Crippen LogP contribution in [-0.2, 0) is 5.88 Å². The first-order chi connectivity index (χ1) is 6.22. The Morgan fingerprint density at radius 1 is 1.54 bits per heavy atom. The lowest BCUT2D eigenvalue weighted by molar-refractivity contribution is 0.630. The van der Waals surface area contributed by atoms with Crippen molar-refractivity contribution < 1.29 is 4.39 Å². The van der Waals surface area contributed by atoms with Gasteiger partial charge in [0.2, 0.25) is 0 Å². The summed E-state index contributed by atoms with van der Waals surface area (Å²) in [6.07, 6.45) is 0. The van der Waals surface area contributed by atoms with E-state index < -0.39 is 0 Å². The van der Waals surface area contributed by atoms with Crippen LogP contribution in [0.1, 0.15) is 5.82 Å². The zero-order valence-corrected chi connectivity index (χ0v) is 9.36. The van der Waals surface area contributed by atoms with Crippen molar-refractivity contribution in [2.75, 3.05) is 0 Å². The molecule has 0 spiro atoms. The van der Waals surface area contributed by atoms with Gasteiger partial charge in [-0.1, -0.05) is 0 Å². The third kappa shape index (κ3) is 1.52. The molecule has 0 saturated carbocycles. The Bertz CT molecular complexity index is 455. The van der Waals surface area contributed by atoms with E-state index in [1.807, 2.05) is 22.6 Å². The quantitative estimate of drug-likeness (QED) is 0.636. The summed E-state index contributed by atoms with van der Waals surface area (Å²) in [5, 5.41) is 0. The zero-order valence-electron chi connectivity index (χ0n) is 6.44. The fraction of sp³-hybridized carbons (Fsp3) is 0.125. The topological polar surface area (TPSA) is 28.7 Å². The number of hydrogen-bond acceptors (Lipinski definition) is 1. The highest BCUT2D eigenvalue weighted by atomic mass is 127. The van der Waals surface area contributed by atoms with E-state index in [4.69, 9.17) is 11.6 Å². The molecule has 2 rings (SSSR count). The van der Waals surface area contributed by atoms with Crippen LogP contribution in [-0.4, -0.2) is 9.97 Å². The highest BCUT2D eigenvalue weighted by Gasteiger charge is 2.09. The van der Waals surface area contributed by atoms with Gasteiger partial charge in [0.25, 0.3) is 0 Å². The van der Waals surface area contributed by atoms with Gasteiger partial charge in [-0.2, -0.15) is 0 Å².